The maximum Gasteiger partial charge on any atom is 0.306 e. The third-order valence-corrected chi connectivity index (χ3v) is 10.8. The van der Waals surface area contributed by atoms with Gasteiger partial charge in [0.2, 0.25) is 0 Å². The molecular weight excluding hydrogens is 416 g/mol. The number of carboxylic acids is 1. The second kappa shape index (κ2) is 8.32. The molecule has 0 aromatic rings. The van der Waals surface area contributed by atoms with Crippen LogP contribution in [0.2, 0.25) is 0 Å². The van der Waals surface area contributed by atoms with E-state index in [0.29, 0.717) is 36.5 Å². The molecule has 7 N–H and O–H groups in total. The number of carboxylic acid groups (broad SMARTS) is 1. The average Bonchev–Trinajstić information content (AvgIpc) is 3.05. The highest BCUT2D eigenvalue weighted by atomic mass is 16.4. The molecule has 0 aromatic heterocycles. The third-order valence-electron chi connectivity index (χ3n) is 10.8. The average molecular weight is 463 g/mol. The lowest BCUT2D eigenvalue weighted by Gasteiger charge is -2.62. The fourth-order valence-electron chi connectivity index (χ4n) is 8.82. The van der Waals surface area contributed by atoms with Crippen LogP contribution < -0.4 is 11.5 Å². The lowest BCUT2D eigenvalue weighted by atomic mass is 9.45. The first-order valence-corrected chi connectivity index (χ1v) is 13.2. The van der Waals surface area contributed by atoms with Crippen LogP contribution in [0.15, 0.2) is 11.6 Å². The molecule has 0 amide bonds. The van der Waals surface area contributed by atoms with Gasteiger partial charge in [-0.05, 0) is 85.5 Å². The van der Waals surface area contributed by atoms with Crippen molar-refractivity contribution < 1.29 is 20.1 Å². The van der Waals surface area contributed by atoms with E-state index in [1.807, 2.05) is 6.08 Å². The summed E-state index contributed by atoms with van der Waals surface area (Å²) in [6.07, 6.45) is 10.9. The number of carbonyl (C=O) groups is 1. The molecule has 0 spiro atoms. The summed E-state index contributed by atoms with van der Waals surface area (Å²) in [5.41, 5.74) is 11.3. The second-order valence-corrected chi connectivity index (χ2v) is 12.9. The van der Waals surface area contributed by atoms with Crippen LogP contribution in [0.5, 0.6) is 0 Å². The summed E-state index contributed by atoms with van der Waals surface area (Å²) >= 11 is 0. The van der Waals surface area contributed by atoms with E-state index in [1.165, 1.54) is 0 Å². The fraction of sp³-hybridized carbons (Fsp3) is 0.889. The predicted molar refractivity (Wildman–Crippen MR) is 129 cm³/mol. The van der Waals surface area contributed by atoms with E-state index in [1.54, 1.807) is 6.92 Å². The van der Waals surface area contributed by atoms with Crippen molar-refractivity contribution in [3.05, 3.63) is 11.6 Å². The minimum atomic E-state index is -1.37. The third kappa shape index (κ3) is 4.19. The molecule has 10 unspecified atom stereocenters. The second-order valence-electron chi connectivity index (χ2n) is 12.9. The molecule has 4 rings (SSSR count). The molecule has 0 aliphatic heterocycles. The first-order valence-electron chi connectivity index (χ1n) is 13.2. The summed E-state index contributed by atoms with van der Waals surface area (Å²) in [4.78, 5) is 11.2. The van der Waals surface area contributed by atoms with E-state index >= 15 is 0 Å². The Hall–Kier alpha value is -0.950. The van der Waals surface area contributed by atoms with Crippen LogP contribution in [-0.4, -0.2) is 32.7 Å². The lowest BCUT2D eigenvalue weighted by Crippen LogP contribution is -2.64. The molecule has 188 valence electrons. The Balaban J connectivity index is 1.54. The summed E-state index contributed by atoms with van der Waals surface area (Å²) in [5.74, 6) is 0.853. The van der Waals surface area contributed by atoms with E-state index in [0.717, 1.165) is 56.9 Å². The van der Waals surface area contributed by atoms with Crippen LogP contribution in [0.4, 0.5) is 0 Å². The number of nitrogens with two attached hydrogens (primary N) is 2. The number of aliphatic hydroxyl groups is 2. The van der Waals surface area contributed by atoms with Crippen molar-refractivity contribution in [3.8, 4) is 0 Å². The van der Waals surface area contributed by atoms with Gasteiger partial charge in [-0.15, -0.1) is 0 Å². The number of hydrogen-bond donors (Lipinski definition) is 5. The summed E-state index contributed by atoms with van der Waals surface area (Å²) in [5, 5.41) is 31.2. The lowest BCUT2D eigenvalue weighted by molar-refractivity contribution is -0.143. The number of rotatable bonds is 6. The van der Waals surface area contributed by atoms with Crippen LogP contribution >= 0.6 is 0 Å². The van der Waals surface area contributed by atoms with Crippen LogP contribution in [0, 0.1) is 46.3 Å². The normalized spacial score (nSPS) is 48.8. The van der Waals surface area contributed by atoms with Gasteiger partial charge in [-0.25, -0.2) is 0 Å². The van der Waals surface area contributed by atoms with Crippen LogP contribution in [0.25, 0.3) is 0 Å². The van der Waals surface area contributed by atoms with Crippen molar-refractivity contribution in [2.45, 2.75) is 103 Å². The molecule has 3 fully saturated rings. The molecule has 4 aliphatic rings. The molecule has 3 saturated carbocycles. The molecule has 0 heterocycles. The first kappa shape index (κ1) is 25.2. The van der Waals surface area contributed by atoms with Crippen LogP contribution in [-0.2, 0) is 4.79 Å². The smallest absolute Gasteiger partial charge is 0.306 e. The Kier molecular flexibility index (Phi) is 6.34. The first-order chi connectivity index (χ1) is 15.2. The zero-order valence-corrected chi connectivity index (χ0v) is 21.0. The standard InChI is InChI=1S/C27H46N2O4/c1-16(6-5-7-17(2)23(30)31)19-8-9-20-22-21(10-11-25(19,20)4)24(3)12-13-26(28,32)14-18(24)15-27(22,29)33/h15-17,19-22,32-33H,5-14,28-29H2,1-4H3,(H,30,31). The summed E-state index contributed by atoms with van der Waals surface area (Å²) in [6.45, 7) is 8.88. The number of hydrogen-bond acceptors (Lipinski definition) is 5. The highest BCUT2D eigenvalue weighted by Crippen LogP contribution is 2.68. The Morgan fingerprint density at radius 1 is 1.06 bits per heavy atom. The maximum atomic E-state index is 11.6. The Morgan fingerprint density at radius 2 is 1.76 bits per heavy atom. The van der Waals surface area contributed by atoms with Gasteiger partial charge in [0, 0.05) is 12.3 Å². The molecule has 4 aliphatic carbocycles. The van der Waals surface area contributed by atoms with Gasteiger partial charge in [0.15, 0.2) is 0 Å². The van der Waals surface area contributed by atoms with E-state index < -0.39 is 17.4 Å². The van der Waals surface area contributed by atoms with E-state index in [9.17, 15) is 20.1 Å². The van der Waals surface area contributed by atoms with Gasteiger partial charge < -0.3 is 26.8 Å². The molecule has 0 saturated heterocycles. The summed E-state index contributed by atoms with van der Waals surface area (Å²) < 4.78 is 0. The minimum Gasteiger partial charge on any atom is -0.481 e. The van der Waals surface area contributed by atoms with Crippen molar-refractivity contribution in [2.75, 3.05) is 0 Å². The van der Waals surface area contributed by atoms with Gasteiger partial charge in [-0.2, -0.15) is 0 Å². The minimum absolute atomic E-state index is 0.0261. The van der Waals surface area contributed by atoms with Gasteiger partial charge in [0.05, 0.1) is 5.92 Å². The summed E-state index contributed by atoms with van der Waals surface area (Å²) in [6, 6.07) is 0. The van der Waals surface area contributed by atoms with Crippen molar-refractivity contribution in [2.24, 2.45) is 57.8 Å². The highest BCUT2D eigenvalue weighted by molar-refractivity contribution is 5.69. The molecule has 6 nitrogen and oxygen atoms in total. The predicted octanol–water partition coefficient (Wildman–Crippen LogP) is 4.00. The zero-order valence-electron chi connectivity index (χ0n) is 21.0. The van der Waals surface area contributed by atoms with E-state index in [-0.39, 0.29) is 22.7 Å². The molecular formula is C27H46N2O4. The molecule has 6 heteroatoms. The Labute approximate surface area is 199 Å². The monoisotopic (exact) mass is 462 g/mol. The highest BCUT2D eigenvalue weighted by Gasteiger charge is 2.64. The SMILES string of the molecule is CC(CCCC(C)C1CCC2C3C(CCC12C)C1(C)CCC(N)(O)CC1=CC3(N)O)C(=O)O. The van der Waals surface area contributed by atoms with Crippen molar-refractivity contribution >= 4 is 5.97 Å². The quantitative estimate of drug-likeness (QED) is 0.300. The van der Waals surface area contributed by atoms with Crippen molar-refractivity contribution in [1.29, 1.82) is 0 Å². The van der Waals surface area contributed by atoms with Gasteiger partial charge in [-0.3, -0.25) is 4.79 Å². The van der Waals surface area contributed by atoms with Crippen molar-refractivity contribution in [3.63, 3.8) is 0 Å². The fourth-order valence-corrected chi connectivity index (χ4v) is 8.82. The van der Waals surface area contributed by atoms with Gasteiger partial charge >= 0.3 is 5.97 Å². The summed E-state index contributed by atoms with van der Waals surface area (Å²) in [7, 11) is 0. The molecule has 0 aromatic carbocycles. The maximum absolute atomic E-state index is 11.6. The number of aliphatic carboxylic acids is 1. The molecule has 10 atom stereocenters. The molecule has 33 heavy (non-hydrogen) atoms. The largest absolute Gasteiger partial charge is 0.481 e. The zero-order chi connectivity index (χ0) is 24.4. The molecule has 0 bridgehead atoms. The topological polar surface area (TPSA) is 130 Å². The van der Waals surface area contributed by atoms with Crippen LogP contribution in [0.1, 0.15) is 91.9 Å². The Morgan fingerprint density at radius 3 is 2.42 bits per heavy atom. The van der Waals surface area contributed by atoms with Gasteiger partial charge in [0.25, 0.3) is 0 Å². The van der Waals surface area contributed by atoms with E-state index in [4.69, 9.17) is 11.5 Å². The van der Waals surface area contributed by atoms with E-state index in [2.05, 4.69) is 20.8 Å². The van der Waals surface area contributed by atoms with Gasteiger partial charge in [-0.1, -0.05) is 46.1 Å². The molecule has 0 radical (unpaired) electrons. The van der Waals surface area contributed by atoms with Crippen molar-refractivity contribution in [1.82, 2.24) is 0 Å². The number of fused-ring (bicyclic) bond motifs is 5. The van der Waals surface area contributed by atoms with Gasteiger partial charge in [0.1, 0.15) is 11.4 Å². The Bertz CT molecular complexity index is 808. The van der Waals surface area contributed by atoms with Crippen LogP contribution in [0.3, 0.4) is 0 Å².